The molecule has 0 saturated heterocycles. The Bertz CT molecular complexity index is 910. The zero-order valence-electron chi connectivity index (χ0n) is 14.6. The van der Waals surface area contributed by atoms with Crippen molar-refractivity contribution in [1.29, 1.82) is 0 Å². The molecule has 8 heteroatoms. The van der Waals surface area contributed by atoms with Crippen LogP contribution >= 0.6 is 0 Å². The number of rotatable bonds is 6. The molecule has 2 rings (SSSR count). The minimum Gasteiger partial charge on any atom is -0.349 e. The molecule has 0 fully saturated rings. The number of hydrogen-bond acceptors (Lipinski definition) is 3. The third-order valence-electron chi connectivity index (χ3n) is 3.74. The molecular formula is C18H20F2N2O3S. The molecule has 0 heterocycles. The second-order valence-electron chi connectivity index (χ2n) is 6.18. The fraction of sp³-hybridized carbons (Fsp3) is 0.278. The number of amides is 1. The van der Waals surface area contributed by atoms with E-state index in [1.54, 1.807) is 26.0 Å². The third-order valence-corrected chi connectivity index (χ3v) is 4.34. The van der Waals surface area contributed by atoms with Gasteiger partial charge in [-0.25, -0.2) is 17.2 Å². The van der Waals surface area contributed by atoms with E-state index in [1.807, 2.05) is 0 Å². The summed E-state index contributed by atoms with van der Waals surface area (Å²) in [5.74, 6) is -1.80. The number of aryl methyl sites for hydroxylation is 1. The highest BCUT2D eigenvalue weighted by Gasteiger charge is 2.16. The van der Waals surface area contributed by atoms with E-state index in [0.29, 0.717) is 11.3 Å². The normalized spacial score (nSPS) is 12.5. The van der Waals surface area contributed by atoms with E-state index in [2.05, 4.69) is 10.0 Å². The van der Waals surface area contributed by atoms with Gasteiger partial charge in [0.05, 0.1) is 11.9 Å². The monoisotopic (exact) mass is 382 g/mol. The zero-order valence-corrected chi connectivity index (χ0v) is 15.5. The van der Waals surface area contributed by atoms with E-state index in [4.69, 9.17) is 0 Å². The fourth-order valence-corrected chi connectivity index (χ4v) is 3.08. The second kappa shape index (κ2) is 7.82. The third kappa shape index (κ3) is 5.26. The van der Waals surface area contributed by atoms with Gasteiger partial charge in [-0.3, -0.25) is 9.52 Å². The van der Waals surface area contributed by atoms with E-state index >= 15 is 0 Å². The molecule has 0 radical (unpaired) electrons. The van der Waals surface area contributed by atoms with Crippen molar-refractivity contribution < 1.29 is 22.0 Å². The summed E-state index contributed by atoms with van der Waals surface area (Å²) in [6, 6.07) is 7.66. The van der Waals surface area contributed by atoms with Crippen LogP contribution in [-0.4, -0.2) is 26.6 Å². The van der Waals surface area contributed by atoms with Crippen LogP contribution in [-0.2, 0) is 16.4 Å². The Hall–Kier alpha value is -2.48. The first-order valence-corrected chi connectivity index (χ1v) is 9.78. The van der Waals surface area contributed by atoms with Crippen LogP contribution in [0.15, 0.2) is 36.4 Å². The van der Waals surface area contributed by atoms with Gasteiger partial charge in [-0.2, -0.15) is 0 Å². The molecule has 2 aromatic rings. The average Bonchev–Trinajstić information content (AvgIpc) is 2.52. The minimum absolute atomic E-state index is 0.00937. The number of carbonyl (C=O) groups is 1. The SMILES string of the molecule is Cc1ccc(C(=O)NC(C)Cc2c(F)cccc2F)cc1NS(C)(=O)=O. The van der Waals surface area contributed by atoms with Crippen molar-refractivity contribution in [3.05, 3.63) is 64.7 Å². The standard InChI is InChI=1S/C18H20F2N2O3S/c1-11-7-8-13(10-17(11)22-26(3,24)25)18(23)21-12(2)9-14-15(19)5-4-6-16(14)20/h4-8,10,12,22H,9H2,1-3H3,(H,21,23). The molecule has 1 amide bonds. The van der Waals surface area contributed by atoms with Crippen molar-refractivity contribution in [1.82, 2.24) is 5.32 Å². The number of anilines is 1. The Morgan fingerprint density at radius 3 is 2.35 bits per heavy atom. The Morgan fingerprint density at radius 1 is 1.15 bits per heavy atom. The van der Waals surface area contributed by atoms with E-state index in [9.17, 15) is 22.0 Å². The highest BCUT2D eigenvalue weighted by molar-refractivity contribution is 7.92. The summed E-state index contributed by atoms with van der Waals surface area (Å²) >= 11 is 0. The molecule has 0 aliphatic rings. The smallest absolute Gasteiger partial charge is 0.251 e. The van der Waals surface area contributed by atoms with Gasteiger partial charge < -0.3 is 5.32 Å². The number of nitrogens with one attached hydrogen (secondary N) is 2. The average molecular weight is 382 g/mol. The summed E-state index contributed by atoms with van der Waals surface area (Å²) in [6.45, 7) is 3.34. The van der Waals surface area contributed by atoms with Crippen LogP contribution in [0.2, 0.25) is 0 Å². The van der Waals surface area contributed by atoms with Gasteiger partial charge in [-0.05, 0) is 50.1 Å². The lowest BCUT2D eigenvalue weighted by atomic mass is 10.0. The Morgan fingerprint density at radius 2 is 1.77 bits per heavy atom. The topological polar surface area (TPSA) is 75.3 Å². The van der Waals surface area contributed by atoms with Gasteiger partial charge in [-0.1, -0.05) is 12.1 Å². The molecule has 2 N–H and O–H groups in total. The Balaban J connectivity index is 2.13. The Labute approximate surface area is 151 Å². The highest BCUT2D eigenvalue weighted by atomic mass is 32.2. The first-order chi connectivity index (χ1) is 12.1. The van der Waals surface area contributed by atoms with Gasteiger partial charge in [-0.15, -0.1) is 0 Å². The molecule has 1 unspecified atom stereocenters. The van der Waals surface area contributed by atoms with Gasteiger partial charge in [0.1, 0.15) is 11.6 Å². The van der Waals surface area contributed by atoms with Crippen LogP contribution in [0.3, 0.4) is 0 Å². The summed E-state index contributed by atoms with van der Waals surface area (Å²) in [5, 5.41) is 2.66. The first kappa shape index (κ1) is 19.8. The first-order valence-electron chi connectivity index (χ1n) is 7.89. The van der Waals surface area contributed by atoms with Crippen LogP contribution in [0.25, 0.3) is 0 Å². The van der Waals surface area contributed by atoms with Crippen molar-refractivity contribution in [2.45, 2.75) is 26.3 Å². The second-order valence-corrected chi connectivity index (χ2v) is 7.93. The number of carbonyl (C=O) groups excluding carboxylic acids is 1. The summed E-state index contributed by atoms with van der Waals surface area (Å²) in [6.07, 6.45) is 1.01. The summed E-state index contributed by atoms with van der Waals surface area (Å²) in [7, 11) is -3.48. The van der Waals surface area contributed by atoms with Gasteiger partial charge in [0, 0.05) is 17.2 Å². The minimum atomic E-state index is -3.48. The van der Waals surface area contributed by atoms with Gasteiger partial charge in [0.2, 0.25) is 10.0 Å². The summed E-state index contributed by atoms with van der Waals surface area (Å²) in [4.78, 5) is 12.4. The van der Waals surface area contributed by atoms with E-state index in [-0.39, 0.29) is 17.5 Å². The molecule has 0 aliphatic carbocycles. The van der Waals surface area contributed by atoms with Crippen LogP contribution in [0.4, 0.5) is 14.5 Å². The van der Waals surface area contributed by atoms with Crippen molar-refractivity contribution >= 4 is 21.6 Å². The summed E-state index contributed by atoms with van der Waals surface area (Å²) in [5.41, 5.74) is 1.10. The van der Waals surface area contributed by atoms with Crippen molar-refractivity contribution in [2.75, 3.05) is 11.0 Å². The van der Waals surface area contributed by atoms with Crippen LogP contribution < -0.4 is 10.0 Å². The lowest BCUT2D eigenvalue weighted by Crippen LogP contribution is -2.34. The molecule has 140 valence electrons. The zero-order chi connectivity index (χ0) is 19.5. The number of benzene rings is 2. The molecule has 2 aromatic carbocycles. The molecular weight excluding hydrogens is 362 g/mol. The lowest BCUT2D eigenvalue weighted by Gasteiger charge is -2.16. The quantitative estimate of drug-likeness (QED) is 0.806. The highest BCUT2D eigenvalue weighted by Crippen LogP contribution is 2.19. The van der Waals surface area contributed by atoms with Gasteiger partial charge in [0.15, 0.2) is 0 Å². The number of hydrogen-bond donors (Lipinski definition) is 2. The molecule has 1 atom stereocenters. The van der Waals surface area contributed by atoms with E-state index < -0.39 is 33.6 Å². The fourth-order valence-electron chi connectivity index (χ4n) is 2.46. The molecule has 5 nitrogen and oxygen atoms in total. The van der Waals surface area contributed by atoms with Crippen LogP contribution in [0.1, 0.15) is 28.4 Å². The predicted molar refractivity (Wildman–Crippen MR) is 96.6 cm³/mol. The molecule has 0 saturated carbocycles. The van der Waals surface area contributed by atoms with Gasteiger partial charge in [0.25, 0.3) is 5.91 Å². The largest absolute Gasteiger partial charge is 0.349 e. The van der Waals surface area contributed by atoms with Crippen LogP contribution in [0, 0.1) is 18.6 Å². The molecule has 26 heavy (non-hydrogen) atoms. The maximum atomic E-state index is 13.7. The van der Waals surface area contributed by atoms with Gasteiger partial charge >= 0.3 is 0 Å². The molecule has 0 spiro atoms. The van der Waals surface area contributed by atoms with E-state index in [1.165, 1.54) is 12.1 Å². The molecule has 0 bridgehead atoms. The van der Waals surface area contributed by atoms with Crippen molar-refractivity contribution in [3.8, 4) is 0 Å². The van der Waals surface area contributed by atoms with Crippen molar-refractivity contribution in [3.63, 3.8) is 0 Å². The molecule has 0 aromatic heterocycles. The van der Waals surface area contributed by atoms with E-state index in [0.717, 1.165) is 18.4 Å². The predicted octanol–water partition coefficient (Wildman–Crippen LogP) is 3.01. The number of sulfonamides is 1. The van der Waals surface area contributed by atoms with Crippen LogP contribution in [0.5, 0.6) is 0 Å². The lowest BCUT2D eigenvalue weighted by molar-refractivity contribution is 0.0939. The van der Waals surface area contributed by atoms with Crippen molar-refractivity contribution in [2.24, 2.45) is 0 Å². The maximum Gasteiger partial charge on any atom is 0.251 e. The Kier molecular flexibility index (Phi) is 5.97. The summed E-state index contributed by atoms with van der Waals surface area (Å²) < 4.78 is 52.6. The number of halogens is 2. The maximum absolute atomic E-state index is 13.7. The molecule has 0 aliphatic heterocycles.